The number of benzene rings is 1. The zero-order valence-electron chi connectivity index (χ0n) is 14.4. The van der Waals surface area contributed by atoms with E-state index in [1.165, 1.54) is 20.3 Å². The monoisotopic (exact) mass is 373 g/mol. The summed E-state index contributed by atoms with van der Waals surface area (Å²) >= 11 is 0. The number of nitrogens with zero attached hydrogens (tertiary/aromatic N) is 1. The number of hydrogen-bond donors (Lipinski definition) is 2. The molecule has 0 bridgehead atoms. The molecule has 1 aromatic rings. The van der Waals surface area contributed by atoms with E-state index in [9.17, 15) is 14.9 Å². The number of methoxy groups -OCH3 is 2. The fourth-order valence-corrected chi connectivity index (χ4v) is 3.00. The molecule has 1 aliphatic rings. The lowest BCUT2D eigenvalue weighted by atomic mass is 9.98. The average molecular weight is 374 g/mol. The summed E-state index contributed by atoms with van der Waals surface area (Å²) < 4.78 is 10.3. The topological polar surface area (TPSA) is 117 Å². The highest BCUT2D eigenvalue weighted by Gasteiger charge is 2.36. The Bertz CT molecular complexity index is 632. The van der Waals surface area contributed by atoms with Crippen LogP contribution in [0.5, 0.6) is 11.5 Å². The highest BCUT2D eigenvalue weighted by Crippen LogP contribution is 2.34. The number of nitro groups is 1. The van der Waals surface area contributed by atoms with Gasteiger partial charge in [-0.3, -0.25) is 14.9 Å². The van der Waals surface area contributed by atoms with Crippen molar-refractivity contribution in [1.29, 1.82) is 0 Å². The summed E-state index contributed by atoms with van der Waals surface area (Å²) in [4.78, 5) is 23.0. The van der Waals surface area contributed by atoms with Crippen molar-refractivity contribution in [3.8, 4) is 11.5 Å². The van der Waals surface area contributed by atoms with E-state index in [-0.39, 0.29) is 30.5 Å². The molecule has 1 amide bonds. The standard InChI is InChI=1S/C16H23N3O5.ClH/c1-23-13-9-11(12(19(21)22)10-14(13)24-2)5-8-18-15(20)16(17)6-3-4-7-16;/h9-10H,3-8,17H2,1-2H3,(H,18,20);1H. The fraction of sp³-hybridized carbons (Fsp3) is 0.562. The van der Waals surface area contributed by atoms with Crippen molar-refractivity contribution in [2.24, 2.45) is 5.73 Å². The maximum absolute atomic E-state index is 12.2. The molecule has 3 N–H and O–H groups in total. The van der Waals surface area contributed by atoms with E-state index in [0.29, 0.717) is 36.3 Å². The van der Waals surface area contributed by atoms with Crippen molar-refractivity contribution in [2.45, 2.75) is 37.6 Å². The van der Waals surface area contributed by atoms with Crippen molar-refractivity contribution in [1.82, 2.24) is 5.32 Å². The first-order valence-corrected chi connectivity index (χ1v) is 7.88. The van der Waals surface area contributed by atoms with Gasteiger partial charge in [-0.2, -0.15) is 0 Å². The summed E-state index contributed by atoms with van der Waals surface area (Å²) in [6.45, 7) is 0.272. The quantitative estimate of drug-likeness (QED) is 0.557. The van der Waals surface area contributed by atoms with Gasteiger partial charge in [-0.1, -0.05) is 12.8 Å². The largest absolute Gasteiger partial charge is 0.493 e. The van der Waals surface area contributed by atoms with Gasteiger partial charge in [0.2, 0.25) is 5.91 Å². The van der Waals surface area contributed by atoms with Crippen LogP contribution < -0.4 is 20.5 Å². The maximum atomic E-state index is 12.2. The summed E-state index contributed by atoms with van der Waals surface area (Å²) in [5.41, 5.74) is 5.69. The molecule has 2 rings (SSSR count). The van der Waals surface area contributed by atoms with Crippen molar-refractivity contribution < 1.29 is 19.2 Å². The Labute approximate surface area is 152 Å². The van der Waals surface area contributed by atoms with Crippen LogP contribution in [0.25, 0.3) is 0 Å². The number of ether oxygens (including phenoxy) is 2. The lowest BCUT2D eigenvalue weighted by molar-refractivity contribution is -0.385. The minimum atomic E-state index is -0.802. The van der Waals surface area contributed by atoms with Gasteiger partial charge in [0.1, 0.15) is 0 Å². The van der Waals surface area contributed by atoms with Crippen LogP contribution in [0.15, 0.2) is 12.1 Å². The molecule has 0 heterocycles. The van der Waals surface area contributed by atoms with Gasteiger partial charge in [0, 0.05) is 12.1 Å². The van der Waals surface area contributed by atoms with Gasteiger partial charge in [0.25, 0.3) is 5.69 Å². The second-order valence-corrected chi connectivity index (χ2v) is 5.96. The molecule has 1 aliphatic carbocycles. The van der Waals surface area contributed by atoms with Crippen LogP contribution in [0.3, 0.4) is 0 Å². The maximum Gasteiger partial charge on any atom is 0.276 e. The highest BCUT2D eigenvalue weighted by molar-refractivity contribution is 5.86. The minimum Gasteiger partial charge on any atom is -0.493 e. The number of carbonyl (C=O) groups is 1. The van der Waals surface area contributed by atoms with Crippen LogP contribution in [0.2, 0.25) is 0 Å². The number of amides is 1. The first-order valence-electron chi connectivity index (χ1n) is 7.88. The normalized spacial score (nSPS) is 15.2. The van der Waals surface area contributed by atoms with Crippen LogP contribution in [-0.4, -0.2) is 37.1 Å². The third-order valence-corrected chi connectivity index (χ3v) is 4.41. The van der Waals surface area contributed by atoms with Gasteiger partial charge in [-0.05, 0) is 25.3 Å². The van der Waals surface area contributed by atoms with E-state index < -0.39 is 10.5 Å². The SMILES string of the molecule is COc1cc(CCNC(=O)C2(N)CCCC2)c([N+](=O)[O-])cc1OC.Cl. The summed E-state index contributed by atoms with van der Waals surface area (Å²) in [7, 11) is 2.89. The second kappa shape index (κ2) is 8.87. The molecule has 0 unspecified atom stereocenters. The van der Waals surface area contributed by atoms with Crippen LogP contribution in [0.4, 0.5) is 5.69 Å². The van der Waals surface area contributed by atoms with Gasteiger partial charge in [-0.25, -0.2) is 0 Å². The van der Waals surface area contributed by atoms with Crippen molar-refractivity contribution >= 4 is 24.0 Å². The number of nitro benzene ring substituents is 1. The smallest absolute Gasteiger partial charge is 0.276 e. The van der Waals surface area contributed by atoms with Gasteiger partial charge in [-0.15, -0.1) is 12.4 Å². The molecule has 8 nitrogen and oxygen atoms in total. The first kappa shape index (κ1) is 21.0. The molecule has 0 radical (unpaired) electrons. The molecule has 0 atom stereocenters. The van der Waals surface area contributed by atoms with Crippen molar-refractivity contribution in [3.63, 3.8) is 0 Å². The Balaban J connectivity index is 0.00000312. The average Bonchev–Trinajstić information content (AvgIpc) is 3.02. The minimum absolute atomic E-state index is 0. The van der Waals surface area contributed by atoms with Gasteiger partial charge in [0.05, 0.1) is 30.7 Å². The second-order valence-electron chi connectivity index (χ2n) is 5.96. The van der Waals surface area contributed by atoms with Crippen molar-refractivity contribution in [2.75, 3.05) is 20.8 Å². The van der Waals surface area contributed by atoms with E-state index >= 15 is 0 Å². The lowest BCUT2D eigenvalue weighted by Crippen LogP contribution is -2.52. The van der Waals surface area contributed by atoms with E-state index in [1.54, 1.807) is 6.07 Å². The predicted octanol–water partition coefficient (Wildman–Crippen LogP) is 1.96. The number of halogens is 1. The zero-order valence-corrected chi connectivity index (χ0v) is 15.2. The van der Waals surface area contributed by atoms with Crippen molar-refractivity contribution in [3.05, 3.63) is 27.8 Å². The molecule has 140 valence electrons. The molecule has 9 heteroatoms. The van der Waals surface area contributed by atoms with Crippen LogP contribution in [0.1, 0.15) is 31.2 Å². The third-order valence-electron chi connectivity index (χ3n) is 4.41. The van der Waals surface area contributed by atoms with Gasteiger partial charge >= 0.3 is 0 Å². The first-order chi connectivity index (χ1) is 11.4. The Morgan fingerprint density at radius 1 is 1.28 bits per heavy atom. The third kappa shape index (κ3) is 4.73. The summed E-state index contributed by atoms with van der Waals surface area (Å²) in [6, 6.07) is 2.90. The van der Waals surface area contributed by atoms with Crippen LogP contribution in [-0.2, 0) is 11.2 Å². The number of nitrogens with one attached hydrogen (secondary N) is 1. The molecule has 0 saturated heterocycles. The van der Waals surface area contributed by atoms with E-state index in [2.05, 4.69) is 5.32 Å². The van der Waals surface area contributed by atoms with Crippen LogP contribution in [0, 0.1) is 10.1 Å². The number of carbonyl (C=O) groups excluding carboxylic acids is 1. The van der Waals surface area contributed by atoms with E-state index in [0.717, 1.165) is 12.8 Å². The van der Waals surface area contributed by atoms with Gasteiger partial charge in [0.15, 0.2) is 11.5 Å². The molecule has 0 aliphatic heterocycles. The molecular weight excluding hydrogens is 350 g/mol. The molecule has 1 aromatic carbocycles. The number of hydrogen-bond acceptors (Lipinski definition) is 6. The Morgan fingerprint density at radius 2 is 1.84 bits per heavy atom. The van der Waals surface area contributed by atoms with Gasteiger partial charge < -0.3 is 20.5 Å². The summed E-state index contributed by atoms with van der Waals surface area (Å²) in [5, 5.41) is 14.0. The highest BCUT2D eigenvalue weighted by atomic mass is 35.5. The molecule has 1 fully saturated rings. The zero-order chi connectivity index (χ0) is 17.7. The Morgan fingerprint density at radius 3 is 2.36 bits per heavy atom. The molecule has 1 saturated carbocycles. The molecule has 0 aromatic heterocycles. The van der Waals surface area contributed by atoms with Crippen LogP contribution >= 0.6 is 12.4 Å². The lowest BCUT2D eigenvalue weighted by Gasteiger charge is -2.22. The Hall–Kier alpha value is -2.06. The summed E-state index contributed by atoms with van der Waals surface area (Å²) in [5.74, 6) is 0.516. The van der Waals surface area contributed by atoms with E-state index in [4.69, 9.17) is 15.2 Å². The number of nitrogens with two attached hydrogens (primary N) is 1. The molecular formula is C16H24ClN3O5. The molecule has 0 spiro atoms. The Kier molecular flexibility index (Phi) is 7.44. The summed E-state index contributed by atoms with van der Waals surface area (Å²) in [6.07, 6.45) is 3.55. The fourth-order valence-electron chi connectivity index (χ4n) is 3.00. The van der Waals surface area contributed by atoms with E-state index in [1.807, 2.05) is 0 Å². The predicted molar refractivity (Wildman–Crippen MR) is 95.5 cm³/mol. The molecule has 25 heavy (non-hydrogen) atoms. The number of rotatable bonds is 7.